The van der Waals surface area contributed by atoms with Crippen LogP contribution in [0.15, 0.2) is 48.5 Å². The van der Waals surface area contributed by atoms with Gasteiger partial charge in [0.1, 0.15) is 5.82 Å². The molecule has 78 valence electrons. The van der Waals surface area contributed by atoms with E-state index in [1.165, 1.54) is 17.0 Å². The molecule has 0 saturated heterocycles. The van der Waals surface area contributed by atoms with Crippen molar-refractivity contribution in [2.45, 2.75) is 6.92 Å². The predicted molar refractivity (Wildman–Crippen MR) is 66.1 cm³/mol. The van der Waals surface area contributed by atoms with Gasteiger partial charge in [0.25, 0.3) is 0 Å². The molecule has 0 aliphatic carbocycles. The SMILES string of the molecule is Cc1cccc2cc3c(F)cccc3cc12. The molecule has 0 aliphatic heterocycles. The van der Waals surface area contributed by atoms with E-state index in [1.54, 1.807) is 6.07 Å². The van der Waals surface area contributed by atoms with Crippen molar-refractivity contribution in [3.8, 4) is 0 Å². The molecule has 0 nitrogen and oxygen atoms in total. The van der Waals surface area contributed by atoms with E-state index in [1.807, 2.05) is 24.3 Å². The van der Waals surface area contributed by atoms with Gasteiger partial charge in [0, 0.05) is 5.39 Å². The fourth-order valence-electron chi connectivity index (χ4n) is 2.17. The van der Waals surface area contributed by atoms with Crippen molar-refractivity contribution in [1.82, 2.24) is 0 Å². The van der Waals surface area contributed by atoms with Gasteiger partial charge in [-0.05, 0) is 46.8 Å². The lowest BCUT2D eigenvalue weighted by molar-refractivity contribution is 0.640. The van der Waals surface area contributed by atoms with Gasteiger partial charge in [0.15, 0.2) is 0 Å². The summed E-state index contributed by atoms with van der Waals surface area (Å²) < 4.78 is 13.6. The first kappa shape index (κ1) is 9.34. The molecular weight excluding hydrogens is 199 g/mol. The molecule has 0 bridgehead atoms. The van der Waals surface area contributed by atoms with Gasteiger partial charge in [-0.2, -0.15) is 0 Å². The Balaban J connectivity index is 2.54. The minimum atomic E-state index is -0.152. The van der Waals surface area contributed by atoms with Gasteiger partial charge in [-0.25, -0.2) is 4.39 Å². The van der Waals surface area contributed by atoms with E-state index in [0.29, 0.717) is 5.39 Å². The minimum absolute atomic E-state index is 0.152. The smallest absolute Gasteiger partial charge is 0.131 e. The Morgan fingerprint density at radius 1 is 0.812 bits per heavy atom. The maximum absolute atomic E-state index is 13.6. The van der Waals surface area contributed by atoms with Crippen molar-refractivity contribution in [2.24, 2.45) is 0 Å². The number of hydrogen-bond acceptors (Lipinski definition) is 0. The van der Waals surface area contributed by atoms with Crippen LogP contribution in [0.2, 0.25) is 0 Å². The number of fused-ring (bicyclic) bond motifs is 2. The normalized spacial score (nSPS) is 11.1. The van der Waals surface area contributed by atoms with E-state index in [0.717, 1.165) is 10.8 Å². The largest absolute Gasteiger partial charge is 0.206 e. The van der Waals surface area contributed by atoms with Crippen LogP contribution in [-0.2, 0) is 0 Å². The van der Waals surface area contributed by atoms with E-state index in [9.17, 15) is 4.39 Å². The number of benzene rings is 3. The van der Waals surface area contributed by atoms with Crippen LogP contribution >= 0.6 is 0 Å². The fraction of sp³-hybridized carbons (Fsp3) is 0.0667. The first-order valence-electron chi connectivity index (χ1n) is 5.33. The van der Waals surface area contributed by atoms with E-state index in [4.69, 9.17) is 0 Å². The molecule has 0 N–H and O–H groups in total. The predicted octanol–water partition coefficient (Wildman–Crippen LogP) is 4.44. The Labute approximate surface area is 93.3 Å². The summed E-state index contributed by atoms with van der Waals surface area (Å²) in [6.45, 7) is 2.08. The minimum Gasteiger partial charge on any atom is -0.206 e. The zero-order valence-electron chi connectivity index (χ0n) is 9.00. The van der Waals surface area contributed by atoms with Crippen molar-refractivity contribution < 1.29 is 4.39 Å². The van der Waals surface area contributed by atoms with Crippen LogP contribution in [0.25, 0.3) is 21.5 Å². The van der Waals surface area contributed by atoms with Crippen LogP contribution in [0.3, 0.4) is 0 Å². The molecule has 0 saturated carbocycles. The number of halogens is 1. The summed E-state index contributed by atoms with van der Waals surface area (Å²) in [7, 11) is 0. The lowest BCUT2D eigenvalue weighted by atomic mass is 10.0. The molecule has 0 radical (unpaired) electrons. The van der Waals surface area contributed by atoms with E-state index < -0.39 is 0 Å². The van der Waals surface area contributed by atoms with Crippen LogP contribution in [0, 0.1) is 12.7 Å². The van der Waals surface area contributed by atoms with Crippen molar-refractivity contribution >= 4 is 21.5 Å². The average Bonchev–Trinajstić information content (AvgIpc) is 2.29. The average molecular weight is 210 g/mol. The van der Waals surface area contributed by atoms with Crippen LogP contribution < -0.4 is 0 Å². The second-order valence-corrected chi connectivity index (χ2v) is 4.11. The topological polar surface area (TPSA) is 0 Å². The van der Waals surface area contributed by atoms with Crippen LogP contribution in [0.4, 0.5) is 4.39 Å². The third-order valence-corrected chi connectivity index (χ3v) is 3.04. The number of aryl methyl sites for hydroxylation is 1. The first-order chi connectivity index (χ1) is 7.75. The lowest BCUT2D eigenvalue weighted by Gasteiger charge is -2.05. The summed E-state index contributed by atoms with van der Waals surface area (Å²) in [6, 6.07) is 15.3. The Kier molecular flexibility index (Phi) is 1.93. The van der Waals surface area contributed by atoms with Gasteiger partial charge in [0.05, 0.1) is 0 Å². The highest BCUT2D eigenvalue weighted by atomic mass is 19.1. The molecule has 3 rings (SSSR count). The third kappa shape index (κ3) is 1.28. The Bertz CT molecular complexity index is 622. The van der Waals surface area contributed by atoms with Crippen LogP contribution in [0.1, 0.15) is 5.56 Å². The van der Waals surface area contributed by atoms with Gasteiger partial charge in [0.2, 0.25) is 0 Å². The van der Waals surface area contributed by atoms with Gasteiger partial charge in [-0.15, -0.1) is 0 Å². The zero-order chi connectivity index (χ0) is 11.1. The highest BCUT2D eigenvalue weighted by molar-refractivity contribution is 5.99. The summed E-state index contributed by atoms with van der Waals surface area (Å²) >= 11 is 0. The highest BCUT2D eigenvalue weighted by Gasteiger charge is 2.03. The molecule has 0 unspecified atom stereocenters. The molecule has 0 aliphatic rings. The maximum atomic E-state index is 13.6. The molecule has 0 spiro atoms. The summed E-state index contributed by atoms with van der Waals surface area (Å²) in [5.74, 6) is -0.152. The molecule has 1 heteroatoms. The Morgan fingerprint density at radius 3 is 2.25 bits per heavy atom. The molecule has 3 aromatic carbocycles. The third-order valence-electron chi connectivity index (χ3n) is 3.04. The van der Waals surface area contributed by atoms with Crippen LogP contribution in [0.5, 0.6) is 0 Å². The maximum Gasteiger partial charge on any atom is 0.131 e. The van der Waals surface area contributed by atoms with Crippen molar-refractivity contribution in [2.75, 3.05) is 0 Å². The Morgan fingerprint density at radius 2 is 1.44 bits per heavy atom. The van der Waals surface area contributed by atoms with Gasteiger partial charge in [-0.3, -0.25) is 0 Å². The second kappa shape index (κ2) is 3.31. The summed E-state index contributed by atoms with van der Waals surface area (Å²) in [5, 5.41) is 3.95. The quantitative estimate of drug-likeness (QED) is 0.481. The molecule has 0 atom stereocenters. The van der Waals surface area contributed by atoms with E-state index in [2.05, 4.69) is 19.1 Å². The lowest BCUT2D eigenvalue weighted by Crippen LogP contribution is -1.82. The van der Waals surface area contributed by atoms with Crippen molar-refractivity contribution in [3.63, 3.8) is 0 Å². The molecular formula is C15H11F. The summed E-state index contributed by atoms with van der Waals surface area (Å²) in [4.78, 5) is 0. The molecule has 0 heterocycles. The van der Waals surface area contributed by atoms with E-state index in [-0.39, 0.29) is 5.82 Å². The zero-order valence-corrected chi connectivity index (χ0v) is 9.00. The second-order valence-electron chi connectivity index (χ2n) is 4.11. The molecule has 16 heavy (non-hydrogen) atoms. The highest BCUT2D eigenvalue weighted by Crippen LogP contribution is 2.26. The van der Waals surface area contributed by atoms with Gasteiger partial charge < -0.3 is 0 Å². The van der Waals surface area contributed by atoms with Gasteiger partial charge >= 0.3 is 0 Å². The fourth-order valence-corrected chi connectivity index (χ4v) is 2.17. The van der Waals surface area contributed by atoms with Gasteiger partial charge in [-0.1, -0.05) is 30.3 Å². The molecule has 3 aromatic rings. The standard InChI is InChI=1S/C15H11F/c1-10-4-2-5-11-9-14-12(8-13(10)11)6-3-7-15(14)16/h2-9H,1H3. The summed E-state index contributed by atoms with van der Waals surface area (Å²) in [6.07, 6.45) is 0. The van der Waals surface area contributed by atoms with Crippen molar-refractivity contribution in [3.05, 3.63) is 59.9 Å². The van der Waals surface area contributed by atoms with Crippen molar-refractivity contribution in [1.29, 1.82) is 0 Å². The first-order valence-corrected chi connectivity index (χ1v) is 5.33. The van der Waals surface area contributed by atoms with E-state index >= 15 is 0 Å². The monoisotopic (exact) mass is 210 g/mol. The Hall–Kier alpha value is -1.89. The molecule has 0 aromatic heterocycles. The summed E-state index contributed by atoms with van der Waals surface area (Å²) in [5.41, 5.74) is 1.23. The number of rotatable bonds is 0. The molecule has 0 fully saturated rings. The molecule has 0 amide bonds. The van der Waals surface area contributed by atoms with Crippen LogP contribution in [-0.4, -0.2) is 0 Å². The number of hydrogen-bond donors (Lipinski definition) is 0.